The average Bonchev–Trinajstić information content (AvgIpc) is 3.31. The Morgan fingerprint density at radius 2 is 1.63 bits per heavy atom. The van der Waals surface area contributed by atoms with Crippen LogP contribution in [0.1, 0.15) is 42.3 Å². The minimum atomic E-state index is -0.509. The predicted molar refractivity (Wildman–Crippen MR) is 130 cm³/mol. The summed E-state index contributed by atoms with van der Waals surface area (Å²) in [6.45, 7) is 6.39. The van der Waals surface area contributed by atoms with E-state index in [0.717, 1.165) is 0 Å². The van der Waals surface area contributed by atoms with Crippen molar-refractivity contribution in [1.82, 2.24) is 5.43 Å². The molecule has 1 N–H and O–H groups in total. The molecule has 0 saturated carbocycles. The third-order valence-corrected chi connectivity index (χ3v) is 5.19. The van der Waals surface area contributed by atoms with E-state index in [-0.39, 0.29) is 24.7 Å². The number of hydrogen-bond acceptors (Lipinski definition) is 7. The SMILES string of the molecule is CC(C)(C)c1ccc(OCC(=O)N/N=C/c2ccc(OC(=O)c3ccc4c(c3)OCO4)cc2)cc1. The summed E-state index contributed by atoms with van der Waals surface area (Å²) in [5.74, 6) is 1.21. The molecule has 0 aliphatic carbocycles. The van der Waals surface area contributed by atoms with Gasteiger partial charge in [0.05, 0.1) is 11.8 Å². The number of hydrogen-bond donors (Lipinski definition) is 1. The van der Waals surface area contributed by atoms with E-state index in [1.807, 2.05) is 24.3 Å². The van der Waals surface area contributed by atoms with Gasteiger partial charge in [-0.15, -0.1) is 0 Å². The molecular formula is C27H26N2O6. The monoisotopic (exact) mass is 474 g/mol. The van der Waals surface area contributed by atoms with Gasteiger partial charge in [-0.25, -0.2) is 10.2 Å². The molecule has 0 aromatic heterocycles. The molecule has 1 heterocycles. The number of benzene rings is 3. The van der Waals surface area contributed by atoms with Gasteiger partial charge in [-0.05, 0) is 71.1 Å². The summed E-state index contributed by atoms with van der Waals surface area (Å²) in [5.41, 5.74) is 4.74. The first-order valence-corrected chi connectivity index (χ1v) is 11.0. The summed E-state index contributed by atoms with van der Waals surface area (Å²) in [4.78, 5) is 24.4. The number of rotatable bonds is 7. The Morgan fingerprint density at radius 3 is 2.34 bits per heavy atom. The maximum absolute atomic E-state index is 12.4. The van der Waals surface area contributed by atoms with Crippen LogP contribution in [-0.2, 0) is 10.2 Å². The Balaban J connectivity index is 1.23. The van der Waals surface area contributed by atoms with Crippen LogP contribution < -0.4 is 24.4 Å². The smallest absolute Gasteiger partial charge is 0.343 e. The maximum atomic E-state index is 12.4. The van der Waals surface area contributed by atoms with Gasteiger partial charge in [-0.3, -0.25) is 4.79 Å². The van der Waals surface area contributed by atoms with E-state index < -0.39 is 5.97 Å². The standard InChI is InChI=1S/C27H26N2O6/c1-27(2,3)20-7-11-21(12-8-20)32-16-25(30)29-28-15-18-4-9-22(10-5-18)35-26(31)19-6-13-23-24(14-19)34-17-33-23/h4-15H,16-17H2,1-3H3,(H,29,30)/b28-15+. The second kappa shape index (κ2) is 10.3. The minimum absolute atomic E-state index is 0.0532. The van der Waals surface area contributed by atoms with Crippen molar-refractivity contribution < 1.29 is 28.5 Å². The Labute approximate surface area is 203 Å². The third kappa shape index (κ3) is 6.38. The number of nitrogens with one attached hydrogen (secondary N) is 1. The lowest BCUT2D eigenvalue weighted by Gasteiger charge is -2.19. The van der Waals surface area contributed by atoms with Crippen molar-refractivity contribution in [3.8, 4) is 23.0 Å². The highest BCUT2D eigenvalue weighted by molar-refractivity contribution is 5.92. The van der Waals surface area contributed by atoms with Gasteiger partial charge in [0.2, 0.25) is 6.79 Å². The van der Waals surface area contributed by atoms with E-state index in [0.29, 0.717) is 34.1 Å². The number of amides is 1. The molecule has 0 unspecified atom stereocenters. The predicted octanol–water partition coefficient (Wildman–Crippen LogP) is 4.46. The highest BCUT2D eigenvalue weighted by Crippen LogP contribution is 2.32. The van der Waals surface area contributed by atoms with Crippen molar-refractivity contribution in [2.75, 3.05) is 13.4 Å². The summed E-state index contributed by atoms with van der Waals surface area (Å²) in [6.07, 6.45) is 1.49. The van der Waals surface area contributed by atoms with Gasteiger partial charge in [0, 0.05) is 0 Å². The van der Waals surface area contributed by atoms with Crippen LogP contribution in [0.2, 0.25) is 0 Å². The first-order chi connectivity index (χ1) is 16.8. The largest absolute Gasteiger partial charge is 0.484 e. The number of nitrogens with zero attached hydrogens (tertiary/aromatic N) is 1. The zero-order chi connectivity index (χ0) is 24.8. The van der Waals surface area contributed by atoms with Crippen molar-refractivity contribution in [2.45, 2.75) is 26.2 Å². The van der Waals surface area contributed by atoms with Crippen LogP contribution in [0.3, 0.4) is 0 Å². The molecule has 0 radical (unpaired) electrons. The van der Waals surface area contributed by atoms with Gasteiger partial charge in [-0.1, -0.05) is 32.9 Å². The highest BCUT2D eigenvalue weighted by Gasteiger charge is 2.17. The van der Waals surface area contributed by atoms with Crippen molar-refractivity contribution in [2.24, 2.45) is 5.10 Å². The Morgan fingerprint density at radius 1 is 0.943 bits per heavy atom. The van der Waals surface area contributed by atoms with E-state index >= 15 is 0 Å². The molecule has 180 valence electrons. The molecule has 8 heteroatoms. The van der Waals surface area contributed by atoms with E-state index in [9.17, 15) is 9.59 Å². The van der Waals surface area contributed by atoms with Crippen LogP contribution in [0.25, 0.3) is 0 Å². The van der Waals surface area contributed by atoms with Gasteiger partial charge < -0.3 is 18.9 Å². The maximum Gasteiger partial charge on any atom is 0.343 e. The molecule has 8 nitrogen and oxygen atoms in total. The van der Waals surface area contributed by atoms with Crippen LogP contribution in [0.4, 0.5) is 0 Å². The van der Waals surface area contributed by atoms with Crippen molar-refractivity contribution in [3.05, 3.63) is 83.4 Å². The molecule has 0 bridgehead atoms. The lowest BCUT2D eigenvalue weighted by molar-refractivity contribution is -0.123. The lowest BCUT2D eigenvalue weighted by atomic mass is 9.87. The van der Waals surface area contributed by atoms with Crippen molar-refractivity contribution in [3.63, 3.8) is 0 Å². The molecular weight excluding hydrogens is 448 g/mol. The summed E-state index contributed by atoms with van der Waals surface area (Å²) in [6, 6.07) is 19.2. The summed E-state index contributed by atoms with van der Waals surface area (Å²) in [7, 11) is 0. The molecule has 1 aliphatic heterocycles. The molecule has 0 saturated heterocycles. The van der Waals surface area contributed by atoms with Crippen LogP contribution in [0.15, 0.2) is 71.8 Å². The van der Waals surface area contributed by atoms with Gasteiger partial charge in [-0.2, -0.15) is 5.10 Å². The number of esters is 1. The van der Waals surface area contributed by atoms with E-state index in [2.05, 4.69) is 31.3 Å². The fourth-order valence-corrected chi connectivity index (χ4v) is 3.22. The molecule has 0 atom stereocenters. The van der Waals surface area contributed by atoms with Gasteiger partial charge in [0.25, 0.3) is 5.91 Å². The second-order valence-corrected chi connectivity index (χ2v) is 8.88. The van der Waals surface area contributed by atoms with Gasteiger partial charge in [0.15, 0.2) is 18.1 Å². The molecule has 35 heavy (non-hydrogen) atoms. The number of carbonyl (C=O) groups excluding carboxylic acids is 2. The zero-order valence-corrected chi connectivity index (χ0v) is 19.7. The fraction of sp³-hybridized carbons (Fsp3) is 0.222. The quantitative estimate of drug-likeness (QED) is 0.235. The zero-order valence-electron chi connectivity index (χ0n) is 19.7. The third-order valence-electron chi connectivity index (χ3n) is 5.19. The molecule has 1 amide bonds. The molecule has 3 aromatic rings. The Kier molecular flexibility index (Phi) is 7.01. The Bertz CT molecular complexity index is 1230. The lowest BCUT2D eigenvalue weighted by Crippen LogP contribution is -2.24. The number of carbonyl (C=O) groups is 2. The van der Waals surface area contributed by atoms with Crippen LogP contribution in [-0.4, -0.2) is 31.5 Å². The molecule has 1 aliphatic rings. The highest BCUT2D eigenvalue weighted by atomic mass is 16.7. The number of fused-ring (bicyclic) bond motifs is 1. The Hall–Kier alpha value is -4.33. The van der Waals surface area contributed by atoms with Crippen molar-refractivity contribution in [1.29, 1.82) is 0 Å². The number of ether oxygens (including phenoxy) is 4. The summed E-state index contributed by atoms with van der Waals surface area (Å²) in [5, 5.41) is 3.93. The van der Waals surface area contributed by atoms with Gasteiger partial charge in [0.1, 0.15) is 11.5 Å². The second-order valence-electron chi connectivity index (χ2n) is 8.88. The topological polar surface area (TPSA) is 95.5 Å². The fourth-order valence-electron chi connectivity index (χ4n) is 3.22. The minimum Gasteiger partial charge on any atom is -0.484 e. The van der Waals surface area contributed by atoms with E-state index in [1.54, 1.807) is 42.5 Å². The first kappa shape index (κ1) is 23.8. The van der Waals surface area contributed by atoms with Gasteiger partial charge >= 0.3 is 5.97 Å². The first-order valence-electron chi connectivity index (χ1n) is 11.0. The van der Waals surface area contributed by atoms with Crippen molar-refractivity contribution >= 4 is 18.1 Å². The molecule has 4 rings (SSSR count). The summed E-state index contributed by atoms with van der Waals surface area (Å²) < 4.78 is 21.4. The average molecular weight is 475 g/mol. The molecule has 3 aromatic carbocycles. The van der Waals surface area contributed by atoms with E-state index in [1.165, 1.54) is 11.8 Å². The molecule has 0 fully saturated rings. The van der Waals surface area contributed by atoms with Crippen LogP contribution in [0, 0.1) is 0 Å². The van der Waals surface area contributed by atoms with Crippen LogP contribution >= 0.6 is 0 Å². The van der Waals surface area contributed by atoms with Crippen LogP contribution in [0.5, 0.6) is 23.0 Å². The molecule has 0 spiro atoms. The van der Waals surface area contributed by atoms with E-state index in [4.69, 9.17) is 18.9 Å². The summed E-state index contributed by atoms with van der Waals surface area (Å²) >= 11 is 0. The number of hydrazone groups is 1. The normalized spacial score (nSPS) is 12.4.